The van der Waals surface area contributed by atoms with Crippen molar-refractivity contribution < 1.29 is 9.53 Å². The molecule has 0 saturated carbocycles. The number of ether oxygens (including phenoxy) is 1. The van der Waals surface area contributed by atoms with Gasteiger partial charge in [-0.2, -0.15) is 0 Å². The molecule has 1 aromatic heterocycles. The van der Waals surface area contributed by atoms with E-state index < -0.39 is 5.60 Å². The lowest BCUT2D eigenvalue weighted by atomic mass is 10.2. The molecule has 0 radical (unpaired) electrons. The zero-order valence-electron chi connectivity index (χ0n) is 17.1. The molecule has 160 valence electrons. The van der Waals surface area contributed by atoms with E-state index in [0.29, 0.717) is 52.0 Å². The van der Waals surface area contributed by atoms with Crippen LogP contribution in [0.25, 0.3) is 10.7 Å². The van der Waals surface area contributed by atoms with E-state index in [0.717, 1.165) is 0 Å². The summed E-state index contributed by atoms with van der Waals surface area (Å²) in [6, 6.07) is 6.82. The van der Waals surface area contributed by atoms with E-state index in [-0.39, 0.29) is 17.8 Å². The maximum absolute atomic E-state index is 13.5. The molecule has 1 amide bonds. The van der Waals surface area contributed by atoms with Crippen molar-refractivity contribution in [1.29, 1.82) is 0 Å². The number of fused-ring (bicyclic) bond motifs is 1. The Hall–Kier alpha value is -2.39. The second-order valence-corrected chi connectivity index (χ2v) is 9.72. The van der Waals surface area contributed by atoms with Crippen LogP contribution < -0.4 is 22.3 Å². The Morgan fingerprint density at radius 2 is 2.00 bits per heavy atom. The maximum Gasteiger partial charge on any atom is 0.410 e. The van der Waals surface area contributed by atoms with Crippen LogP contribution in [-0.2, 0) is 4.74 Å². The Balaban J connectivity index is 1.77. The zero-order chi connectivity index (χ0) is 21.6. The number of aromatic nitrogens is 2. The van der Waals surface area contributed by atoms with Crippen molar-refractivity contribution in [3.05, 3.63) is 50.6 Å². The number of rotatable bonds is 2. The molecule has 1 aromatic carbocycles. The number of carbonyl (C=O) groups is 1. The van der Waals surface area contributed by atoms with Gasteiger partial charge >= 0.3 is 11.8 Å². The van der Waals surface area contributed by atoms with Gasteiger partial charge in [-0.3, -0.25) is 14.1 Å². The molecular weight excluding hydrogens is 426 g/mol. The van der Waals surface area contributed by atoms with Crippen molar-refractivity contribution in [2.75, 3.05) is 19.0 Å². The van der Waals surface area contributed by atoms with Crippen LogP contribution >= 0.6 is 23.4 Å². The second kappa shape index (κ2) is 7.70. The maximum atomic E-state index is 13.5. The molecule has 0 spiro atoms. The number of likely N-dealkylation sites (tertiary alicyclic amines) is 1. The van der Waals surface area contributed by atoms with Gasteiger partial charge in [0.25, 0.3) is 0 Å². The highest BCUT2D eigenvalue weighted by Gasteiger charge is 2.33. The zero-order valence-corrected chi connectivity index (χ0v) is 18.7. The molecule has 2 aromatic rings. The van der Waals surface area contributed by atoms with E-state index in [1.807, 2.05) is 20.8 Å². The van der Waals surface area contributed by atoms with Gasteiger partial charge in [-0.05, 0) is 51.5 Å². The SMILES string of the molecule is CC(C)(C)OC(=O)N1CC[C@@H](n2c3c(n(-c4ccc(Cl)cc4)c2=O)=C(N)SCN=3)C1. The van der Waals surface area contributed by atoms with Crippen LogP contribution in [0.4, 0.5) is 4.79 Å². The third-order valence-electron chi connectivity index (χ3n) is 4.99. The van der Waals surface area contributed by atoms with Crippen molar-refractivity contribution in [2.24, 2.45) is 10.7 Å². The summed E-state index contributed by atoms with van der Waals surface area (Å²) in [6.45, 7) is 6.40. The van der Waals surface area contributed by atoms with Gasteiger partial charge in [-0.25, -0.2) is 9.59 Å². The summed E-state index contributed by atoms with van der Waals surface area (Å²) in [6.07, 6.45) is 0.265. The summed E-state index contributed by atoms with van der Waals surface area (Å²) in [5.74, 6) is 0.450. The first kappa shape index (κ1) is 20.9. The van der Waals surface area contributed by atoms with Crippen LogP contribution in [0.5, 0.6) is 0 Å². The predicted molar refractivity (Wildman–Crippen MR) is 117 cm³/mol. The topological polar surface area (TPSA) is 94.8 Å². The van der Waals surface area contributed by atoms with E-state index in [4.69, 9.17) is 22.1 Å². The first-order chi connectivity index (χ1) is 14.2. The highest BCUT2D eigenvalue weighted by Crippen LogP contribution is 2.22. The van der Waals surface area contributed by atoms with E-state index >= 15 is 0 Å². The first-order valence-electron chi connectivity index (χ1n) is 9.70. The molecule has 2 aliphatic heterocycles. The highest BCUT2D eigenvalue weighted by atomic mass is 35.5. The molecule has 2 aliphatic rings. The number of imidazole rings is 1. The Kier molecular flexibility index (Phi) is 5.36. The molecule has 8 nitrogen and oxygen atoms in total. The summed E-state index contributed by atoms with van der Waals surface area (Å²) in [5, 5.41) is 1.72. The number of halogens is 1. The van der Waals surface area contributed by atoms with Crippen LogP contribution in [0, 0.1) is 0 Å². The molecular formula is C20H24ClN5O3S. The minimum absolute atomic E-state index is 0.202. The fraction of sp³-hybridized carbons (Fsp3) is 0.450. The van der Waals surface area contributed by atoms with Gasteiger partial charge in [0, 0.05) is 18.1 Å². The minimum atomic E-state index is -0.570. The molecule has 0 bridgehead atoms. The molecule has 1 atom stereocenters. The Morgan fingerprint density at radius 1 is 1.30 bits per heavy atom. The molecule has 1 saturated heterocycles. The molecule has 0 unspecified atom stereocenters. The van der Waals surface area contributed by atoms with Crippen molar-refractivity contribution in [3.63, 3.8) is 0 Å². The summed E-state index contributed by atoms with van der Waals surface area (Å²) < 4.78 is 8.73. The number of hydrogen-bond donors (Lipinski definition) is 1. The molecule has 0 aliphatic carbocycles. The van der Waals surface area contributed by atoms with Gasteiger partial charge in [0.05, 0.1) is 22.6 Å². The number of amides is 1. The van der Waals surface area contributed by atoms with Gasteiger partial charge in [0.15, 0.2) is 5.49 Å². The molecule has 1 fully saturated rings. The third-order valence-corrected chi connectivity index (χ3v) is 6.01. The van der Waals surface area contributed by atoms with Crippen LogP contribution in [0.3, 0.4) is 0 Å². The largest absolute Gasteiger partial charge is 0.444 e. The van der Waals surface area contributed by atoms with Gasteiger partial charge < -0.3 is 15.4 Å². The molecule has 2 N–H and O–H groups in total. The fourth-order valence-electron chi connectivity index (χ4n) is 3.71. The van der Waals surface area contributed by atoms with E-state index in [9.17, 15) is 9.59 Å². The normalized spacial score (nSPS) is 18.9. The van der Waals surface area contributed by atoms with Gasteiger partial charge in [-0.1, -0.05) is 23.4 Å². The summed E-state index contributed by atoms with van der Waals surface area (Å²) in [5.41, 5.74) is 6.70. The van der Waals surface area contributed by atoms with Crippen LogP contribution in [-0.4, -0.2) is 44.7 Å². The van der Waals surface area contributed by atoms with Crippen molar-refractivity contribution >= 4 is 34.5 Å². The third kappa shape index (κ3) is 3.83. The lowest BCUT2D eigenvalue weighted by Crippen LogP contribution is -2.41. The van der Waals surface area contributed by atoms with Gasteiger partial charge in [0.2, 0.25) is 0 Å². The molecule has 30 heavy (non-hydrogen) atoms. The standard InChI is InChI=1S/C20H24ClN5O3S/c1-20(2,3)29-19(28)24-9-8-14(10-24)26-17-15(16(22)30-11-23-17)25(18(26)27)13-6-4-12(21)5-7-13/h4-7,14H,8-11,22H2,1-3H3/t14-/m1/s1. The highest BCUT2D eigenvalue weighted by molar-refractivity contribution is 8.07. The van der Waals surface area contributed by atoms with Gasteiger partial charge in [-0.15, -0.1) is 0 Å². The average Bonchev–Trinajstić information content (AvgIpc) is 3.24. The van der Waals surface area contributed by atoms with E-state index in [2.05, 4.69) is 4.99 Å². The summed E-state index contributed by atoms with van der Waals surface area (Å²) in [4.78, 5) is 32.2. The number of carbonyl (C=O) groups excluding carboxylic acids is 1. The lowest BCUT2D eigenvalue weighted by Gasteiger charge is -2.24. The monoisotopic (exact) mass is 449 g/mol. The molecule has 4 rings (SSSR count). The first-order valence-corrected chi connectivity index (χ1v) is 11.1. The van der Waals surface area contributed by atoms with Crippen LogP contribution in [0.15, 0.2) is 34.1 Å². The number of nitrogens with two attached hydrogens (primary N) is 1. The fourth-order valence-corrected chi connectivity index (χ4v) is 4.49. The molecule has 10 heteroatoms. The molecule has 3 heterocycles. The van der Waals surface area contributed by atoms with Crippen molar-refractivity contribution in [2.45, 2.75) is 38.8 Å². The van der Waals surface area contributed by atoms with Crippen LogP contribution in [0.2, 0.25) is 5.02 Å². The number of benzene rings is 1. The Labute approximate surface area is 183 Å². The average molecular weight is 450 g/mol. The lowest BCUT2D eigenvalue weighted by molar-refractivity contribution is 0.0288. The Bertz CT molecular complexity index is 1160. The van der Waals surface area contributed by atoms with E-state index in [1.165, 1.54) is 11.8 Å². The Morgan fingerprint density at radius 3 is 2.67 bits per heavy atom. The van der Waals surface area contributed by atoms with Crippen molar-refractivity contribution in [3.8, 4) is 5.69 Å². The predicted octanol–water partition coefficient (Wildman–Crippen LogP) is 1.82. The quantitative estimate of drug-likeness (QED) is 0.754. The number of hydrogen-bond acceptors (Lipinski definition) is 6. The van der Waals surface area contributed by atoms with Gasteiger partial charge in [0.1, 0.15) is 11.0 Å². The number of nitrogens with zero attached hydrogens (tertiary/aromatic N) is 4. The number of thioether (sulfide) groups is 1. The smallest absolute Gasteiger partial charge is 0.410 e. The van der Waals surface area contributed by atoms with Crippen LogP contribution in [0.1, 0.15) is 33.2 Å². The summed E-state index contributed by atoms with van der Waals surface area (Å²) >= 11 is 7.41. The van der Waals surface area contributed by atoms with E-state index in [1.54, 1.807) is 38.3 Å². The second-order valence-electron chi connectivity index (χ2n) is 8.30. The minimum Gasteiger partial charge on any atom is -0.444 e. The van der Waals surface area contributed by atoms with Crippen molar-refractivity contribution in [1.82, 2.24) is 14.0 Å². The summed E-state index contributed by atoms with van der Waals surface area (Å²) in [7, 11) is 0.